The van der Waals surface area contributed by atoms with Crippen LogP contribution in [0.2, 0.25) is 0 Å². The van der Waals surface area contributed by atoms with Gasteiger partial charge >= 0.3 is 0 Å². The number of fused-ring (bicyclic) bond motifs is 1. The number of Topliss-reactive ketones (excluding diaryl/α,β-unsaturated/α-hetero) is 1. The predicted molar refractivity (Wildman–Crippen MR) is 78.7 cm³/mol. The molecule has 2 nitrogen and oxygen atoms in total. The van der Waals surface area contributed by atoms with Crippen molar-refractivity contribution in [2.45, 2.75) is 57.9 Å². The molecular weight excluding hydrogens is 234 g/mol. The van der Waals surface area contributed by atoms with Gasteiger partial charge in [0, 0.05) is 18.7 Å². The number of nitrogens with zero attached hydrogens (tertiary/aromatic N) is 1. The minimum atomic E-state index is 0.143. The summed E-state index contributed by atoms with van der Waals surface area (Å²) in [5.74, 6) is 0.464. The fourth-order valence-electron chi connectivity index (χ4n) is 3.55. The van der Waals surface area contributed by atoms with E-state index in [1.165, 1.54) is 36.1 Å². The molecule has 1 saturated carbocycles. The molecule has 0 N–H and O–H groups in total. The number of benzene rings is 1. The highest BCUT2D eigenvalue weighted by Gasteiger charge is 2.29. The number of carbonyl (C=O) groups excluding carboxylic acids is 1. The molecule has 0 spiro atoms. The van der Waals surface area contributed by atoms with Crippen LogP contribution in [0.25, 0.3) is 0 Å². The van der Waals surface area contributed by atoms with Crippen LogP contribution in [0, 0.1) is 6.92 Å². The van der Waals surface area contributed by atoms with Crippen molar-refractivity contribution in [2.75, 3.05) is 11.4 Å². The Morgan fingerprint density at radius 3 is 2.89 bits per heavy atom. The molecule has 0 bridgehead atoms. The Morgan fingerprint density at radius 2 is 2.00 bits per heavy atom. The molecule has 1 fully saturated rings. The first kappa shape index (κ1) is 12.7. The first-order valence-corrected chi connectivity index (χ1v) is 7.64. The first-order valence-electron chi connectivity index (χ1n) is 7.64. The van der Waals surface area contributed by atoms with Gasteiger partial charge in [-0.3, -0.25) is 4.79 Å². The highest BCUT2D eigenvalue weighted by atomic mass is 16.1. The van der Waals surface area contributed by atoms with Crippen molar-refractivity contribution < 1.29 is 4.79 Å². The van der Waals surface area contributed by atoms with Crippen LogP contribution in [-0.2, 0) is 11.2 Å². The third-order valence-electron chi connectivity index (χ3n) is 4.54. The van der Waals surface area contributed by atoms with Gasteiger partial charge in [-0.25, -0.2) is 0 Å². The minimum absolute atomic E-state index is 0.143. The lowest BCUT2D eigenvalue weighted by Gasteiger charge is -2.37. The van der Waals surface area contributed by atoms with Crippen LogP contribution < -0.4 is 4.90 Å². The van der Waals surface area contributed by atoms with Crippen LogP contribution >= 0.6 is 0 Å². The zero-order valence-electron chi connectivity index (χ0n) is 11.8. The second kappa shape index (κ2) is 5.36. The van der Waals surface area contributed by atoms with E-state index >= 15 is 0 Å². The molecule has 102 valence electrons. The zero-order chi connectivity index (χ0) is 13.2. The highest BCUT2D eigenvalue weighted by molar-refractivity contribution is 5.88. The molecule has 3 rings (SSSR count). The zero-order valence-corrected chi connectivity index (χ0v) is 11.8. The van der Waals surface area contributed by atoms with Crippen molar-refractivity contribution in [1.82, 2.24) is 0 Å². The Morgan fingerprint density at radius 1 is 1.11 bits per heavy atom. The summed E-state index contributed by atoms with van der Waals surface area (Å²) in [4.78, 5) is 14.7. The van der Waals surface area contributed by atoms with Gasteiger partial charge in [0.05, 0.1) is 6.04 Å². The van der Waals surface area contributed by atoms with E-state index in [0.29, 0.717) is 5.78 Å². The molecule has 1 aromatic rings. The number of rotatable bonds is 1. The van der Waals surface area contributed by atoms with Gasteiger partial charge in [0.2, 0.25) is 0 Å². The molecule has 1 aliphatic carbocycles. The Bertz CT molecular complexity index is 480. The lowest BCUT2D eigenvalue weighted by atomic mass is 9.95. The lowest BCUT2D eigenvalue weighted by Crippen LogP contribution is -2.43. The SMILES string of the molecule is Cc1ccc2c(c1)CCCN2C1CCCCCC1=O. The molecule has 0 aromatic heterocycles. The molecule has 1 aromatic carbocycles. The monoisotopic (exact) mass is 257 g/mol. The Hall–Kier alpha value is -1.31. The second-order valence-corrected chi connectivity index (χ2v) is 6.01. The minimum Gasteiger partial charge on any atom is -0.361 e. The maximum Gasteiger partial charge on any atom is 0.155 e. The summed E-state index contributed by atoms with van der Waals surface area (Å²) in [5.41, 5.74) is 4.08. The number of carbonyl (C=O) groups is 1. The summed E-state index contributed by atoms with van der Waals surface area (Å²) < 4.78 is 0. The molecular formula is C17H23NO. The Kier molecular flexibility index (Phi) is 3.58. The van der Waals surface area contributed by atoms with E-state index in [1.54, 1.807) is 0 Å². The maximum absolute atomic E-state index is 12.3. The lowest BCUT2D eigenvalue weighted by molar-refractivity contribution is -0.120. The fourth-order valence-corrected chi connectivity index (χ4v) is 3.55. The topological polar surface area (TPSA) is 20.3 Å². The van der Waals surface area contributed by atoms with Gasteiger partial charge in [-0.1, -0.05) is 30.5 Å². The average molecular weight is 257 g/mol. The van der Waals surface area contributed by atoms with Crippen LogP contribution in [0.3, 0.4) is 0 Å². The van der Waals surface area contributed by atoms with Gasteiger partial charge in [0.15, 0.2) is 5.78 Å². The number of anilines is 1. The standard InChI is InChI=1S/C17H23NO/c1-13-9-10-15-14(12-13)6-5-11-18(15)16-7-3-2-4-8-17(16)19/h9-10,12,16H,2-8,11H2,1H3. The Balaban J connectivity index is 1.91. The van der Waals surface area contributed by atoms with Crippen molar-refractivity contribution >= 4 is 11.5 Å². The number of ketones is 1. The molecule has 2 heteroatoms. The van der Waals surface area contributed by atoms with Crippen LogP contribution in [0.4, 0.5) is 5.69 Å². The Labute approximate surface area is 115 Å². The number of hydrogen-bond acceptors (Lipinski definition) is 2. The van der Waals surface area contributed by atoms with E-state index in [0.717, 1.165) is 32.2 Å². The van der Waals surface area contributed by atoms with Crippen molar-refractivity contribution in [3.8, 4) is 0 Å². The average Bonchev–Trinajstić information content (AvgIpc) is 2.62. The summed E-state index contributed by atoms with van der Waals surface area (Å²) in [5, 5.41) is 0. The van der Waals surface area contributed by atoms with Crippen LogP contribution in [0.5, 0.6) is 0 Å². The van der Waals surface area contributed by atoms with Crippen molar-refractivity contribution in [3.05, 3.63) is 29.3 Å². The van der Waals surface area contributed by atoms with Crippen LogP contribution in [0.1, 0.15) is 49.7 Å². The van der Waals surface area contributed by atoms with Crippen molar-refractivity contribution in [2.24, 2.45) is 0 Å². The molecule has 19 heavy (non-hydrogen) atoms. The van der Waals surface area contributed by atoms with Gasteiger partial charge in [-0.05, 0) is 44.2 Å². The summed E-state index contributed by atoms with van der Waals surface area (Å²) in [7, 11) is 0. The van der Waals surface area contributed by atoms with E-state index in [1.807, 2.05) is 0 Å². The molecule has 2 aliphatic rings. The van der Waals surface area contributed by atoms with E-state index in [-0.39, 0.29) is 6.04 Å². The van der Waals surface area contributed by atoms with Crippen LogP contribution in [0.15, 0.2) is 18.2 Å². The molecule has 1 unspecified atom stereocenters. The maximum atomic E-state index is 12.3. The second-order valence-electron chi connectivity index (χ2n) is 6.01. The van der Waals surface area contributed by atoms with Gasteiger partial charge in [0.1, 0.15) is 0 Å². The largest absolute Gasteiger partial charge is 0.361 e. The molecule has 1 atom stereocenters. The van der Waals surface area contributed by atoms with Gasteiger partial charge < -0.3 is 4.90 Å². The summed E-state index contributed by atoms with van der Waals surface area (Å²) >= 11 is 0. The smallest absolute Gasteiger partial charge is 0.155 e. The summed E-state index contributed by atoms with van der Waals surface area (Å²) in [6.07, 6.45) is 7.68. The van der Waals surface area contributed by atoms with E-state index in [2.05, 4.69) is 30.0 Å². The van der Waals surface area contributed by atoms with Crippen molar-refractivity contribution in [1.29, 1.82) is 0 Å². The van der Waals surface area contributed by atoms with Crippen LogP contribution in [-0.4, -0.2) is 18.4 Å². The van der Waals surface area contributed by atoms with E-state index in [9.17, 15) is 4.79 Å². The molecule has 1 aliphatic heterocycles. The predicted octanol–water partition coefficient (Wildman–Crippen LogP) is 3.65. The highest BCUT2D eigenvalue weighted by Crippen LogP contribution is 2.32. The quantitative estimate of drug-likeness (QED) is 0.716. The third kappa shape index (κ3) is 2.54. The van der Waals surface area contributed by atoms with Gasteiger partial charge in [-0.2, -0.15) is 0 Å². The molecule has 1 heterocycles. The summed E-state index contributed by atoms with van der Waals surface area (Å²) in [6, 6.07) is 6.84. The normalized spacial score (nSPS) is 23.9. The van der Waals surface area contributed by atoms with E-state index < -0.39 is 0 Å². The van der Waals surface area contributed by atoms with Crippen molar-refractivity contribution in [3.63, 3.8) is 0 Å². The van der Waals surface area contributed by atoms with Gasteiger partial charge in [-0.15, -0.1) is 0 Å². The van der Waals surface area contributed by atoms with E-state index in [4.69, 9.17) is 0 Å². The fraction of sp³-hybridized carbons (Fsp3) is 0.588. The first-order chi connectivity index (χ1) is 9.25. The molecule has 0 radical (unpaired) electrons. The molecule has 0 saturated heterocycles. The van der Waals surface area contributed by atoms with Gasteiger partial charge in [0.25, 0.3) is 0 Å². The molecule has 0 amide bonds. The summed E-state index contributed by atoms with van der Waals surface area (Å²) in [6.45, 7) is 3.20. The third-order valence-corrected chi connectivity index (χ3v) is 4.54. The number of hydrogen-bond donors (Lipinski definition) is 0. The number of aryl methyl sites for hydroxylation is 2.